The van der Waals surface area contributed by atoms with Crippen LogP contribution in [0.15, 0.2) is 0 Å². The number of nitrogen functional groups attached to an aromatic ring is 1. The first-order valence-corrected chi connectivity index (χ1v) is 4.78. The Bertz CT molecular complexity index is 368. The van der Waals surface area contributed by atoms with Gasteiger partial charge in [-0.15, -0.1) is 0 Å². The van der Waals surface area contributed by atoms with Crippen LogP contribution in [0.3, 0.4) is 0 Å². The number of anilines is 1. The van der Waals surface area contributed by atoms with E-state index < -0.39 is 0 Å². The molecule has 1 aromatic heterocycles. The molecular formula is C10H15N3O. The summed E-state index contributed by atoms with van der Waals surface area (Å²) < 4.78 is 5.38. The van der Waals surface area contributed by atoms with Gasteiger partial charge in [0, 0.05) is 17.4 Å². The van der Waals surface area contributed by atoms with Crippen molar-refractivity contribution in [1.82, 2.24) is 9.97 Å². The Kier molecular flexibility index (Phi) is 1.87. The van der Waals surface area contributed by atoms with E-state index in [1.54, 1.807) is 0 Å². The molecule has 0 spiro atoms. The first-order valence-electron chi connectivity index (χ1n) is 4.78. The van der Waals surface area contributed by atoms with E-state index in [2.05, 4.69) is 30.7 Å². The molecule has 2 rings (SSSR count). The predicted molar refractivity (Wildman–Crippen MR) is 54.3 cm³/mol. The van der Waals surface area contributed by atoms with Crippen LogP contribution in [-0.4, -0.2) is 16.6 Å². The largest absolute Gasteiger partial charge is 0.477 e. The molecule has 0 saturated heterocycles. The van der Waals surface area contributed by atoms with Crippen molar-refractivity contribution in [1.29, 1.82) is 0 Å². The summed E-state index contributed by atoms with van der Waals surface area (Å²) >= 11 is 0. The topological polar surface area (TPSA) is 61.0 Å². The van der Waals surface area contributed by atoms with Crippen molar-refractivity contribution in [3.05, 3.63) is 11.3 Å². The number of fused-ring (bicyclic) bond motifs is 1. The Morgan fingerprint density at radius 2 is 2.00 bits per heavy atom. The zero-order chi connectivity index (χ0) is 10.3. The lowest BCUT2D eigenvalue weighted by Crippen LogP contribution is -2.17. The summed E-state index contributed by atoms with van der Waals surface area (Å²) in [5.74, 6) is 0.970. The van der Waals surface area contributed by atoms with Gasteiger partial charge in [-0.1, -0.05) is 20.8 Å². The molecule has 0 fully saturated rings. The molecule has 4 heteroatoms. The van der Waals surface area contributed by atoms with E-state index in [0.717, 1.165) is 17.7 Å². The van der Waals surface area contributed by atoms with E-state index in [9.17, 15) is 0 Å². The van der Waals surface area contributed by atoms with Crippen LogP contribution in [0.4, 0.5) is 5.95 Å². The van der Waals surface area contributed by atoms with Gasteiger partial charge >= 0.3 is 0 Å². The highest BCUT2D eigenvalue weighted by Crippen LogP contribution is 2.32. The third-order valence-electron chi connectivity index (χ3n) is 2.29. The predicted octanol–water partition coefficient (Wildman–Crippen LogP) is 1.29. The molecule has 0 unspecified atom stereocenters. The average Bonchev–Trinajstić information content (AvgIpc) is 2.47. The minimum absolute atomic E-state index is 0.00512. The van der Waals surface area contributed by atoms with Crippen LogP contribution < -0.4 is 10.5 Å². The smallest absolute Gasteiger partial charge is 0.223 e. The maximum absolute atomic E-state index is 5.63. The van der Waals surface area contributed by atoms with E-state index >= 15 is 0 Å². The summed E-state index contributed by atoms with van der Waals surface area (Å²) in [6.07, 6.45) is 0.891. The monoisotopic (exact) mass is 193 g/mol. The van der Waals surface area contributed by atoms with Crippen molar-refractivity contribution in [3.8, 4) is 5.88 Å². The van der Waals surface area contributed by atoms with Crippen LogP contribution in [0.5, 0.6) is 5.88 Å². The summed E-state index contributed by atoms with van der Waals surface area (Å²) in [5, 5.41) is 0. The van der Waals surface area contributed by atoms with Gasteiger partial charge in [0.2, 0.25) is 11.8 Å². The summed E-state index contributed by atoms with van der Waals surface area (Å²) in [6, 6.07) is 0. The lowest BCUT2D eigenvalue weighted by atomic mass is 9.88. The normalized spacial score (nSPS) is 15.1. The van der Waals surface area contributed by atoms with E-state index in [4.69, 9.17) is 10.5 Å². The number of hydrogen-bond acceptors (Lipinski definition) is 4. The molecule has 1 aromatic rings. The molecule has 0 saturated carbocycles. The minimum Gasteiger partial charge on any atom is -0.477 e. The molecule has 14 heavy (non-hydrogen) atoms. The van der Waals surface area contributed by atoms with Crippen LogP contribution >= 0.6 is 0 Å². The molecule has 1 aliphatic rings. The van der Waals surface area contributed by atoms with E-state index in [1.165, 1.54) is 0 Å². The highest BCUT2D eigenvalue weighted by atomic mass is 16.5. The molecule has 76 valence electrons. The van der Waals surface area contributed by atoms with Gasteiger partial charge in [0.1, 0.15) is 0 Å². The second-order valence-electron chi connectivity index (χ2n) is 4.56. The molecule has 2 N–H and O–H groups in total. The SMILES string of the molecule is CC(C)(C)c1nc(N)nc2c1CCO2. The van der Waals surface area contributed by atoms with Crippen LogP contribution in [-0.2, 0) is 11.8 Å². The van der Waals surface area contributed by atoms with Crippen LogP contribution in [0.25, 0.3) is 0 Å². The molecule has 0 amide bonds. The van der Waals surface area contributed by atoms with Gasteiger partial charge < -0.3 is 10.5 Å². The molecule has 4 nitrogen and oxygen atoms in total. The second-order valence-corrected chi connectivity index (χ2v) is 4.56. The number of nitrogens with zero attached hydrogens (tertiary/aromatic N) is 2. The number of ether oxygens (including phenoxy) is 1. The van der Waals surface area contributed by atoms with E-state index in [0.29, 0.717) is 18.4 Å². The van der Waals surface area contributed by atoms with Gasteiger partial charge in [0.25, 0.3) is 0 Å². The molecule has 0 aliphatic carbocycles. The van der Waals surface area contributed by atoms with Crippen molar-refractivity contribution in [2.24, 2.45) is 0 Å². The maximum Gasteiger partial charge on any atom is 0.223 e. The Balaban J connectivity index is 2.60. The van der Waals surface area contributed by atoms with Crippen molar-refractivity contribution < 1.29 is 4.74 Å². The third kappa shape index (κ3) is 1.41. The second kappa shape index (κ2) is 2.83. The molecule has 0 bridgehead atoms. The Labute approximate surface area is 83.5 Å². The zero-order valence-electron chi connectivity index (χ0n) is 8.79. The summed E-state index contributed by atoms with van der Waals surface area (Å²) in [6.45, 7) is 7.05. The number of rotatable bonds is 0. The fourth-order valence-electron chi connectivity index (χ4n) is 1.69. The summed E-state index contributed by atoms with van der Waals surface area (Å²) in [5.41, 5.74) is 7.75. The first-order chi connectivity index (χ1) is 6.48. The minimum atomic E-state index is -0.00512. The Morgan fingerprint density at radius 3 is 2.64 bits per heavy atom. The molecule has 1 aliphatic heterocycles. The molecule has 0 radical (unpaired) electrons. The zero-order valence-corrected chi connectivity index (χ0v) is 8.79. The van der Waals surface area contributed by atoms with Gasteiger partial charge in [-0.05, 0) is 0 Å². The van der Waals surface area contributed by atoms with Gasteiger partial charge in [-0.3, -0.25) is 0 Å². The summed E-state index contributed by atoms with van der Waals surface area (Å²) in [4.78, 5) is 8.38. The maximum atomic E-state index is 5.63. The number of aromatic nitrogens is 2. The number of nitrogens with two attached hydrogens (primary N) is 1. The lowest BCUT2D eigenvalue weighted by Gasteiger charge is -2.20. The average molecular weight is 193 g/mol. The van der Waals surface area contributed by atoms with Crippen LogP contribution in [0.1, 0.15) is 32.0 Å². The quantitative estimate of drug-likeness (QED) is 0.674. The van der Waals surface area contributed by atoms with E-state index in [-0.39, 0.29) is 5.41 Å². The van der Waals surface area contributed by atoms with Gasteiger partial charge in [-0.2, -0.15) is 4.98 Å². The first kappa shape index (κ1) is 9.24. The van der Waals surface area contributed by atoms with Gasteiger partial charge in [0.05, 0.1) is 12.3 Å². The third-order valence-corrected chi connectivity index (χ3v) is 2.29. The lowest BCUT2D eigenvalue weighted by molar-refractivity contribution is 0.345. The molecule has 0 atom stereocenters. The molecule has 0 aromatic carbocycles. The Hall–Kier alpha value is -1.32. The fourth-order valence-corrected chi connectivity index (χ4v) is 1.69. The summed E-state index contributed by atoms with van der Waals surface area (Å²) in [7, 11) is 0. The number of hydrogen-bond donors (Lipinski definition) is 1. The molecular weight excluding hydrogens is 178 g/mol. The van der Waals surface area contributed by atoms with Crippen LogP contribution in [0, 0.1) is 0 Å². The Morgan fingerprint density at radius 1 is 1.29 bits per heavy atom. The standard InChI is InChI=1S/C10H15N3O/c1-10(2,3)7-6-4-5-14-8(6)13-9(11)12-7/h4-5H2,1-3H3,(H2,11,12,13). The van der Waals surface area contributed by atoms with Crippen molar-refractivity contribution in [3.63, 3.8) is 0 Å². The van der Waals surface area contributed by atoms with Crippen molar-refractivity contribution in [2.75, 3.05) is 12.3 Å². The highest BCUT2D eigenvalue weighted by molar-refractivity contribution is 5.41. The van der Waals surface area contributed by atoms with E-state index in [1.807, 2.05) is 0 Å². The van der Waals surface area contributed by atoms with Gasteiger partial charge in [0.15, 0.2) is 0 Å². The van der Waals surface area contributed by atoms with Crippen molar-refractivity contribution in [2.45, 2.75) is 32.6 Å². The van der Waals surface area contributed by atoms with Crippen molar-refractivity contribution >= 4 is 5.95 Å². The molecule has 2 heterocycles. The fraction of sp³-hybridized carbons (Fsp3) is 0.600. The van der Waals surface area contributed by atoms with Crippen LogP contribution in [0.2, 0.25) is 0 Å². The highest BCUT2D eigenvalue weighted by Gasteiger charge is 2.27. The van der Waals surface area contributed by atoms with Gasteiger partial charge in [-0.25, -0.2) is 4.98 Å².